The number of aldehydes is 1. The van der Waals surface area contributed by atoms with Crippen LogP contribution in [0.2, 0.25) is 0 Å². The van der Waals surface area contributed by atoms with Crippen LogP contribution in [0.4, 0.5) is 5.13 Å². The zero-order valence-corrected chi connectivity index (χ0v) is 19.5. The van der Waals surface area contributed by atoms with Crippen LogP contribution in [0.5, 0.6) is 5.75 Å². The minimum Gasteiger partial charge on any atom is -0.496 e. The van der Waals surface area contributed by atoms with Crippen LogP contribution in [-0.2, 0) is 6.61 Å². The Morgan fingerprint density at radius 3 is 2.27 bits per heavy atom. The Hall–Kier alpha value is -1.92. The van der Waals surface area contributed by atoms with Crippen molar-refractivity contribution in [3.63, 3.8) is 0 Å². The first kappa shape index (κ1) is 24.4. The molecule has 166 valence electrons. The van der Waals surface area contributed by atoms with E-state index < -0.39 is 0 Å². The van der Waals surface area contributed by atoms with Crippen LogP contribution < -0.4 is 9.64 Å². The second-order valence-corrected chi connectivity index (χ2v) is 8.60. The van der Waals surface area contributed by atoms with Crippen molar-refractivity contribution in [2.75, 3.05) is 25.1 Å². The van der Waals surface area contributed by atoms with Crippen LogP contribution >= 0.6 is 11.3 Å². The fraction of sp³-hybridized carbons (Fsp3) is 0.583. The van der Waals surface area contributed by atoms with Gasteiger partial charge in [0.15, 0.2) is 11.4 Å². The lowest BCUT2D eigenvalue weighted by Crippen LogP contribution is -2.25. The highest BCUT2D eigenvalue weighted by atomic mass is 32.1. The average Bonchev–Trinajstić information content (AvgIpc) is 3.21. The van der Waals surface area contributed by atoms with Gasteiger partial charge in [-0.05, 0) is 24.5 Å². The number of ether oxygens (including phenoxy) is 1. The Morgan fingerprint density at radius 2 is 1.73 bits per heavy atom. The van der Waals surface area contributed by atoms with Crippen molar-refractivity contribution in [2.24, 2.45) is 0 Å². The molecule has 0 aliphatic carbocycles. The van der Waals surface area contributed by atoms with E-state index in [4.69, 9.17) is 9.72 Å². The predicted molar refractivity (Wildman–Crippen MR) is 126 cm³/mol. The van der Waals surface area contributed by atoms with Crippen LogP contribution in [0.3, 0.4) is 0 Å². The number of hydrogen-bond acceptors (Lipinski definition) is 6. The standard InChI is InChI=1S/C24H36N2O3S/c1-4-6-8-10-15-26(16-11-9-7-5-2)24-25-23(21(18-28)30-24)22-19(17-27)13-12-14-20(22)29-3/h12-14,18,27H,4-11,15-17H2,1-3H3. The molecule has 0 fully saturated rings. The summed E-state index contributed by atoms with van der Waals surface area (Å²) in [6.07, 6.45) is 10.5. The summed E-state index contributed by atoms with van der Waals surface area (Å²) in [5.74, 6) is 0.624. The van der Waals surface area contributed by atoms with Crippen LogP contribution in [0, 0.1) is 0 Å². The first-order valence-electron chi connectivity index (χ1n) is 11.2. The molecule has 2 aromatic rings. The maximum absolute atomic E-state index is 11.9. The van der Waals surface area contributed by atoms with Gasteiger partial charge in [-0.3, -0.25) is 4.79 Å². The Bertz CT molecular complexity index is 742. The van der Waals surface area contributed by atoms with Crippen LogP contribution in [0.25, 0.3) is 11.3 Å². The number of aromatic nitrogens is 1. The Balaban J connectivity index is 2.34. The van der Waals surface area contributed by atoms with Crippen molar-refractivity contribution >= 4 is 22.8 Å². The van der Waals surface area contributed by atoms with Gasteiger partial charge in [0.25, 0.3) is 0 Å². The third kappa shape index (κ3) is 6.54. The molecule has 0 saturated carbocycles. The van der Waals surface area contributed by atoms with Crippen molar-refractivity contribution < 1.29 is 14.6 Å². The molecule has 1 aromatic carbocycles. The second kappa shape index (κ2) is 13.4. The maximum atomic E-state index is 11.9. The molecule has 1 aromatic heterocycles. The van der Waals surface area contributed by atoms with E-state index in [1.54, 1.807) is 7.11 Å². The number of hydrogen-bond donors (Lipinski definition) is 1. The third-order valence-corrected chi connectivity index (χ3v) is 6.36. The summed E-state index contributed by atoms with van der Waals surface area (Å²) in [6.45, 7) is 6.22. The molecule has 0 atom stereocenters. The first-order valence-corrected chi connectivity index (χ1v) is 12.0. The molecule has 0 saturated heterocycles. The molecule has 30 heavy (non-hydrogen) atoms. The Morgan fingerprint density at radius 1 is 1.07 bits per heavy atom. The lowest BCUT2D eigenvalue weighted by Gasteiger charge is -2.22. The van der Waals surface area contributed by atoms with Crippen molar-refractivity contribution in [1.29, 1.82) is 0 Å². The van der Waals surface area contributed by atoms with Crippen LogP contribution in [-0.4, -0.2) is 36.6 Å². The zero-order valence-electron chi connectivity index (χ0n) is 18.7. The largest absolute Gasteiger partial charge is 0.496 e. The van der Waals surface area contributed by atoms with Gasteiger partial charge in [0.1, 0.15) is 5.75 Å². The number of methoxy groups -OCH3 is 1. The smallest absolute Gasteiger partial charge is 0.186 e. The summed E-state index contributed by atoms with van der Waals surface area (Å²) in [7, 11) is 1.60. The van der Waals surface area contributed by atoms with E-state index >= 15 is 0 Å². The maximum Gasteiger partial charge on any atom is 0.186 e. The van der Waals surface area contributed by atoms with Gasteiger partial charge in [-0.1, -0.05) is 75.8 Å². The SMILES string of the molecule is CCCCCCN(CCCCCC)c1nc(-c2c(CO)cccc2OC)c(C=O)s1. The number of unbranched alkanes of at least 4 members (excludes halogenated alkanes) is 6. The number of aliphatic hydroxyl groups is 1. The molecule has 0 spiro atoms. The summed E-state index contributed by atoms with van der Waals surface area (Å²) < 4.78 is 5.52. The van der Waals surface area contributed by atoms with E-state index in [1.807, 2.05) is 18.2 Å². The number of anilines is 1. The highest BCUT2D eigenvalue weighted by Gasteiger charge is 2.22. The predicted octanol–water partition coefficient (Wildman–Crippen LogP) is 6.09. The quantitative estimate of drug-likeness (QED) is 0.272. The summed E-state index contributed by atoms with van der Waals surface area (Å²) in [4.78, 5) is 19.7. The van der Waals surface area contributed by atoms with Crippen LogP contribution in [0.1, 0.15) is 80.4 Å². The summed E-state index contributed by atoms with van der Waals surface area (Å²) >= 11 is 1.44. The highest BCUT2D eigenvalue weighted by molar-refractivity contribution is 7.17. The van der Waals surface area contributed by atoms with Crippen molar-refractivity contribution in [3.8, 4) is 17.0 Å². The number of nitrogens with zero attached hydrogens (tertiary/aromatic N) is 2. The fourth-order valence-corrected chi connectivity index (χ4v) is 4.56. The molecule has 1 N–H and O–H groups in total. The Labute approximate surface area is 185 Å². The molecular weight excluding hydrogens is 396 g/mol. The molecule has 2 rings (SSSR count). The molecule has 6 heteroatoms. The molecule has 0 radical (unpaired) electrons. The molecule has 0 aliphatic rings. The van der Waals surface area contributed by atoms with E-state index in [1.165, 1.54) is 49.9 Å². The van der Waals surface area contributed by atoms with Gasteiger partial charge in [0.05, 0.1) is 24.3 Å². The summed E-state index contributed by atoms with van der Waals surface area (Å²) in [5.41, 5.74) is 2.04. The monoisotopic (exact) mass is 432 g/mol. The van der Waals surface area contributed by atoms with Crippen molar-refractivity contribution in [3.05, 3.63) is 28.6 Å². The molecule has 0 amide bonds. The van der Waals surface area contributed by atoms with Gasteiger partial charge >= 0.3 is 0 Å². The van der Waals surface area contributed by atoms with Gasteiger partial charge in [0.2, 0.25) is 0 Å². The van der Waals surface area contributed by atoms with E-state index in [2.05, 4.69) is 18.7 Å². The molecular formula is C24H36N2O3S. The summed E-state index contributed by atoms with van der Waals surface area (Å²) in [5, 5.41) is 10.7. The third-order valence-electron chi connectivity index (χ3n) is 5.32. The number of thiazole rings is 1. The molecule has 0 unspecified atom stereocenters. The number of aliphatic hydroxyl groups excluding tert-OH is 1. The first-order chi connectivity index (χ1) is 14.7. The van der Waals surface area contributed by atoms with E-state index in [0.29, 0.717) is 27.4 Å². The van der Waals surface area contributed by atoms with Crippen molar-refractivity contribution in [2.45, 2.75) is 71.8 Å². The Kier molecular flexibility index (Phi) is 10.9. The normalized spacial score (nSPS) is 10.9. The molecule has 1 heterocycles. The van der Waals surface area contributed by atoms with Gasteiger partial charge in [0, 0.05) is 18.7 Å². The molecule has 0 aliphatic heterocycles. The lowest BCUT2D eigenvalue weighted by molar-refractivity contribution is 0.112. The van der Waals surface area contributed by atoms with E-state index in [9.17, 15) is 9.90 Å². The minimum atomic E-state index is -0.130. The molecule has 0 bridgehead atoms. The highest BCUT2D eigenvalue weighted by Crippen LogP contribution is 2.39. The average molecular weight is 433 g/mol. The number of rotatable bonds is 15. The summed E-state index contributed by atoms with van der Waals surface area (Å²) in [6, 6.07) is 5.53. The fourth-order valence-electron chi connectivity index (χ4n) is 3.62. The van der Waals surface area contributed by atoms with Gasteiger partial charge in [-0.2, -0.15) is 0 Å². The van der Waals surface area contributed by atoms with Gasteiger partial charge in [-0.25, -0.2) is 4.98 Å². The lowest BCUT2D eigenvalue weighted by atomic mass is 10.0. The van der Waals surface area contributed by atoms with E-state index in [0.717, 1.165) is 37.3 Å². The number of benzene rings is 1. The number of carbonyl (C=O) groups excluding carboxylic acids is 1. The van der Waals surface area contributed by atoms with Gasteiger partial charge in [-0.15, -0.1) is 0 Å². The minimum absolute atomic E-state index is 0.130. The van der Waals surface area contributed by atoms with Crippen molar-refractivity contribution in [1.82, 2.24) is 4.98 Å². The number of carbonyl (C=O) groups is 1. The topological polar surface area (TPSA) is 62.7 Å². The van der Waals surface area contributed by atoms with Crippen LogP contribution in [0.15, 0.2) is 18.2 Å². The molecule has 5 nitrogen and oxygen atoms in total. The van der Waals surface area contributed by atoms with Gasteiger partial charge < -0.3 is 14.7 Å². The zero-order chi connectivity index (χ0) is 21.8. The second-order valence-electron chi connectivity index (χ2n) is 7.59. The van der Waals surface area contributed by atoms with E-state index in [-0.39, 0.29) is 6.61 Å².